The van der Waals surface area contributed by atoms with Crippen molar-refractivity contribution in [2.24, 2.45) is 0 Å². The second-order valence-corrected chi connectivity index (χ2v) is 6.49. The molecule has 30 heavy (non-hydrogen) atoms. The Bertz CT molecular complexity index is 899. The molecule has 0 unspecified atom stereocenters. The molecular formula is C18H18F3N5O4. The molecule has 1 aromatic heterocycles. The molecule has 1 fully saturated rings. The van der Waals surface area contributed by atoms with Gasteiger partial charge >= 0.3 is 12.0 Å². The fourth-order valence-electron chi connectivity index (χ4n) is 3.04. The summed E-state index contributed by atoms with van der Waals surface area (Å²) in [5, 5.41) is 13.8. The van der Waals surface area contributed by atoms with Gasteiger partial charge in [0.25, 0.3) is 0 Å². The minimum atomic E-state index is -4.78. The third kappa shape index (κ3) is 5.80. The quantitative estimate of drug-likeness (QED) is 0.561. The summed E-state index contributed by atoms with van der Waals surface area (Å²) in [6.45, 7) is 2.02. The number of carbonyl (C=O) groups excluding carboxylic acids is 1. The van der Waals surface area contributed by atoms with Crippen molar-refractivity contribution in [3.8, 4) is 5.75 Å². The normalized spacial score (nSPS) is 15.0. The Balaban J connectivity index is 1.49. The van der Waals surface area contributed by atoms with Crippen molar-refractivity contribution in [3.63, 3.8) is 0 Å². The minimum Gasteiger partial charge on any atom is -0.406 e. The number of carbonyl (C=O) groups is 1. The van der Waals surface area contributed by atoms with Gasteiger partial charge in [0.15, 0.2) is 0 Å². The number of hydrogen-bond acceptors (Lipinski definition) is 7. The molecule has 160 valence electrons. The van der Waals surface area contributed by atoms with Gasteiger partial charge in [-0.15, -0.1) is 13.2 Å². The highest BCUT2D eigenvalue weighted by atomic mass is 19.4. The van der Waals surface area contributed by atoms with Gasteiger partial charge < -0.3 is 15.0 Å². The molecule has 3 rings (SSSR count). The molecule has 1 aliphatic rings. The topological polar surface area (TPSA) is 101 Å². The second-order valence-electron chi connectivity index (χ2n) is 6.49. The molecule has 0 radical (unpaired) electrons. The molecular weight excluding hydrogens is 407 g/mol. The maximum absolute atomic E-state index is 12.2. The summed E-state index contributed by atoms with van der Waals surface area (Å²) < 4.78 is 40.3. The van der Waals surface area contributed by atoms with E-state index in [0.717, 1.165) is 12.1 Å². The van der Waals surface area contributed by atoms with Gasteiger partial charge in [-0.1, -0.05) is 0 Å². The number of anilines is 2. The molecule has 1 saturated heterocycles. The average Bonchev–Trinajstić information content (AvgIpc) is 2.69. The Morgan fingerprint density at radius 3 is 2.43 bits per heavy atom. The first-order chi connectivity index (χ1) is 14.2. The lowest BCUT2D eigenvalue weighted by molar-refractivity contribution is -0.384. The number of benzene rings is 1. The Morgan fingerprint density at radius 1 is 1.17 bits per heavy atom. The summed E-state index contributed by atoms with van der Waals surface area (Å²) in [5.41, 5.74) is 0.277. The molecule has 0 saturated carbocycles. The predicted octanol–water partition coefficient (Wildman–Crippen LogP) is 2.65. The van der Waals surface area contributed by atoms with Crippen LogP contribution in [0.5, 0.6) is 5.75 Å². The largest absolute Gasteiger partial charge is 0.573 e. The number of alkyl halides is 3. The van der Waals surface area contributed by atoms with E-state index in [9.17, 15) is 28.1 Å². The van der Waals surface area contributed by atoms with E-state index in [1.165, 1.54) is 30.5 Å². The molecule has 2 aromatic rings. The first-order valence-electron chi connectivity index (χ1n) is 8.93. The summed E-state index contributed by atoms with van der Waals surface area (Å²) in [4.78, 5) is 30.7. The van der Waals surface area contributed by atoms with Crippen molar-refractivity contribution < 1.29 is 27.6 Å². The van der Waals surface area contributed by atoms with Crippen molar-refractivity contribution in [1.82, 2.24) is 9.88 Å². The van der Waals surface area contributed by atoms with Gasteiger partial charge in [0, 0.05) is 44.1 Å². The summed E-state index contributed by atoms with van der Waals surface area (Å²) in [6.07, 6.45) is -3.28. The number of piperazine rings is 1. The zero-order chi connectivity index (χ0) is 21.7. The highest BCUT2D eigenvalue weighted by Gasteiger charge is 2.31. The number of nitrogens with one attached hydrogen (secondary N) is 1. The zero-order valence-corrected chi connectivity index (χ0v) is 15.6. The van der Waals surface area contributed by atoms with Crippen molar-refractivity contribution in [2.75, 3.05) is 42.9 Å². The Morgan fingerprint density at radius 2 is 1.83 bits per heavy atom. The van der Waals surface area contributed by atoms with E-state index in [1.807, 2.05) is 4.90 Å². The SMILES string of the molecule is O=C(CN1CCN(c2ncccc2[N+](=O)[O-])CC1)Nc1ccc(OC(F)(F)F)cc1. The van der Waals surface area contributed by atoms with E-state index in [-0.39, 0.29) is 23.9 Å². The Labute approximate surface area is 169 Å². The average molecular weight is 425 g/mol. The van der Waals surface area contributed by atoms with Crippen LogP contribution in [0.4, 0.5) is 30.4 Å². The molecule has 1 N–H and O–H groups in total. The van der Waals surface area contributed by atoms with E-state index in [4.69, 9.17) is 0 Å². The Hall–Kier alpha value is -3.41. The maximum atomic E-state index is 12.2. The van der Waals surface area contributed by atoms with Crippen LogP contribution >= 0.6 is 0 Å². The molecule has 0 bridgehead atoms. The summed E-state index contributed by atoms with van der Waals surface area (Å²) in [5.74, 6) is -0.398. The van der Waals surface area contributed by atoms with Crippen LogP contribution in [0.15, 0.2) is 42.6 Å². The number of amides is 1. The minimum absolute atomic E-state index is 0.0679. The molecule has 0 aliphatic carbocycles. The zero-order valence-electron chi connectivity index (χ0n) is 15.6. The standard InChI is InChI=1S/C18H18F3N5O4/c19-18(20,21)30-14-5-3-13(4-6-14)23-16(27)12-24-8-10-25(11-9-24)17-15(26(28)29)2-1-7-22-17/h1-7H,8-12H2,(H,23,27). The highest BCUT2D eigenvalue weighted by Crippen LogP contribution is 2.26. The lowest BCUT2D eigenvalue weighted by Gasteiger charge is -2.34. The maximum Gasteiger partial charge on any atom is 0.573 e. The van der Waals surface area contributed by atoms with Gasteiger partial charge in [0.2, 0.25) is 11.7 Å². The number of ether oxygens (including phenoxy) is 1. The monoisotopic (exact) mass is 425 g/mol. The first kappa shape index (κ1) is 21.3. The van der Waals surface area contributed by atoms with Crippen LogP contribution in [0.1, 0.15) is 0 Å². The number of hydrogen-bond donors (Lipinski definition) is 1. The molecule has 12 heteroatoms. The summed E-state index contributed by atoms with van der Waals surface area (Å²) in [6, 6.07) is 7.76. The van der Waals surface area contributed by atoms with Gasteiger partial charge in [-0.25, -0.2) is 4.98 Å². The number of pyridine rings is 1. The van der Waals surface area contributed by atoms with E-state index < -0.39 is 11.3 Å². The van der Waals surface area contributed by atoms with Gasteiger partial charge in [-0.3, -0.25) is 19.8 Å². The van der Waals surface area contributed by atoms with Gasteiger partial charge in [0.1, 0.15) is 5.75 Å². The smallest absolute Gasteiger partial charge is 0.406 e. The molecule has 2 heterocycles. The number of halogens is 3. The lowest BCUT2D eigenvalue weighted by Crippen LogP contribution is -2.49. The fourth-order valence-corrected chi connectivity index (χ4v) is 3.04. The first-order valence-corrected chi connectivity index (χ1v) is 8.93. The number of rotatable bonds is 6. The molecule has 9 nitrogen and oxygen atoms in total. The van der Waals surface area contributed by atoms with Crippen LogP contribution in [0, 0.1) is 10.1 Å². The molecule has 0 spiro atoms. The molecule has 1 aromatic carbocycles. The second kappa shape index (κ2) is 8.95. The summed E-state index contributed by atoms with van der Waals surface area (Å²) >= 11 is 0. The van der Waals surface area contributed by atoms with Crippen molar-refractivity contribution in [3.05, 3.63) is 52.7 Å². The van der Waals surface area contributed by atoms with Crippen molar-refractivity contribution in [2.45, 2.75) is 6.36 Å². The summed E-state index contributed by atoms with van der Waals surface area (Å²) in [7, 11) is 0. The van der Waals surface area contributed by atoms with Crippen LogP contribution in [0.3, 0.4) is 0 Å². The molecule has 1 amide bonds. The van der Waals surface area contributed by atoms with Crippen LogP contribution < -0.4 is 15.0 Å². The predicted molar refractivity (Wildman–Crippen MR) is 101 cm³/mol. The van der Waals surface area contributed by atoms with E-state index in [0.29, 0.717) is 37.7 Å². The third-order valence-electron chi connectivity index (χ3n) is 4.37. The van der Waals surface area contributed by atoms with E-state index in [1.54, 1.807) is 4.90 Å². The van der Waals surface area contributed by atoms with Gasteiger partial charge in [-0.2, -0.15) is 0 Å². The van der Waals surface area contributed by atoms with E-state index >= 15 is 0 Å². The van der Waals surface area contributed by atoms with Crippen molar-refractivity contribution in [1.29, 1.82) is 0 Å². The number of nitro groups is 1. The lowest BCUT2D eigenvalue weighted by atomic mass is 10.2. The third-order valence-corrected chi connectivity index (χ3v) is 4.37. The van der Waals surface area contributed by atoms with Crippen LogP contribution in [-0.2, 0) is 4.79 Å². The number of nitrogens with zero attached hydrogens (tertiary/aromatic N) is 4. The molecule has 0 atom stereocenters. The van der Waals surface area contributed by atoms with Gasteiger partial charge in [-0.05, 0) is 30.3 Å². The van der Waals surface area contributed by atoms with Crippen LogP contribution in [0.2, 0.25) is 0 Å². The number of aromatic nitrogens is 1. The molecule has 1 aliphatic heterocycles. The van der Waals surface area contributed by atoms with Crippen LogP contribution in [-0.4, -0.2) is 59.8 Å². The fraction of sp³-hybridized carbons (Fsp3) is 0.333. The highest BCUT2D eigenvalue weighted by molar-refractivity contribution is 5.92. The van der Waals surface area contributed by atoms with E-state index in [2.05, 4.69) is 15.0 Å². The Kier molecular flexibility index (Phi) is 6.35. The van der Waals surface area contributed by atoms with Gasteiger partial charge in [0.05, 0.1) is 11.5 Å². The van der Waals surface area contributed by atoms with Crippen molar-refractivity contribution >= 4 is 23.1 Å². The van der Waals surface area contributed by atoms with Crippen LogP contribution in [0.25, 0.3) is 0 Å².